The zero-order valence-electron chi connectivity index (χ0n) is 6.71. The van der Waals surface area contributed by atoms with Crippen molar-refractivity contribution in [3.63, 3.8) is 0 Å². The normalized spacial score (nSPS) is 24.2. The van der Waals surface area contributed by atoms with Crippen molar-refractivity contribution in [1.29, 1.82) is 0 Å². The summed E-state index contributed by atoms with van der Waals surface area (Å²) in [6.45, 7) is 12.8. The predicted molar refractivity (Wildman–Crippen MR) is 41.3 cm³/mol. The molecule has 0 saturated carbocycles. The van der Waals surface area contributed by atoms with E-state index in [0.717, 1.165) is 0 Å². The fourth-order valence-electron chi connectivity index (χ4n) is 1.33. The van der Waals surface area contributed by atoms with Crippen LogP contribution in [0.3, 0.4) is 0 Å². The molecule has 0 heterocycles. The SMILES string of the molecule is C=C1C(C)=C(C)C1(C)C. The van der Waals surface area contributed by atoms with Crippen LogP contribution in [0.5, 0.6) is 0 Å². The molecular weight excluding hydrogens is 108 g/mol. The molecule has 0 aromatic rings. The summed E-state index contributed by atoms with van der Waals surface area (Å²) in [5, 5.41) is 0. The molecule has 1 rings (SSSR count). The van der Waals surface area contributed by atoms with Crippen LogP contribution in [0.15, 0.2) is 23.3 Å². The van der Waals surface area contributed by atoms with Gasteiger partial charge in [-0.2, -0.15) is 0 Å². The Labute approximate surface area is 57.3 Å². The first-order valence-corrected chi connectivity index (χ1v) is 3.35. The average Bonchev–Trinajstić information content (AvgIpc) is 1.84. The van der Waals surface area contributed by atoms with Crippen molar-refractivity contribution in [1.82, 2.24) is 0 Å². The highest BCUT2D eigenvalue weighted by molar-refractivity contribution is 5.52. The minimum atomic E-state index is 0.296. The van der Waals surface area contributed by atoms with Crippen molar-refractivity contribution in [2.45, 2.75) is 27.7 Å². The molecular formula is C9H14. The van der Waals surface area contributed by atoms with Crippen molar-refractivity contribution in [2.24, 2.45) is 5.41 Å². The summed E-state index contributed by atoms with van der Waals surface area (Å²) in [6.07, 6.45) is 0. The smallest absolute Gasteiger partial charge is 0.0105 e. The maximum Gasteiger partial charge on any atom is 0.0105 e. The second-order valence-electron chi connectivity index (χ2n) is 3.35. The van der Waals surface area contributed by atoms with Crippen LogP contribution in [0, 0.1) is 5.41 Å². The van der Waals surface area contributed by atoms with Crippen LogP contribution in [0.1, 0.15) is 27.7 Å². The average molecular weight is 122 g/mol. The van der Waals surface area contributed by atoms with Gasteiger partial charge in [0.2, 0.25) is 0 Å². The quantitative estimate of drug-likeness (QED) is 0.463. The third kappa shape index (κ3) is 0.592. The van der Waals surface area contributed by atoms with Gasteiger partial charge in [0.25, 0.3) is 0 Å². The zero-order valence-corrected chi connectivity index (χ0v) is 6.71. The molecule has 0 bridgehead atoms. The Hall–Kier alpha value is -0.520. The van der Waals surface area contributed by atoms with Crippen molar-refractivity contribution in [3.8, 4) is 0 Å². The lowest BCUT2D eigenvalue weighted by Gasteiger charge is -2.40. The summed E-state index contributed by atoms with van der Waals surface area (Å²) in [5.74, 6) is 0. The molecule has 0 amide bonds. The maximum absolute atomic E-state index is 3.99. The molecule has 0 N–H and O–H groups in total. The van der Waals surface area contributed by atoms with Gasteiger partial charge < -0.3 is 0 Å². The second-order valence-corrected chi connectivity index (χ2v) is 3.35. The summed E-state index contributed by atoms with van der Waals surface area (Å²) in [4.78, 5) is 0. The Kier molecular flexibility index (Phi) is 1.10. The topological polar surface area (TPSA) is 0 Å². The van der Waals surface area contributed by atoms with E-state index >= 15 is 0 Å². The lowest BCUT2D eigenvalue weighted by molar-refractivity contribution is 0.493. The fraction of sp³-hybridized carbons (Fsp3) is 0.556. The highest BCUT2D eigenvalue weighted by atomic mass is 14.4. The Morgan fingerprint density at radius 1 is 1.22 bits per heavy atom. The van der Waals surface area contributed by atoms with E-state index in [2.05, 4.69) is 34.3 Å². The summed E-state index contributed by atoms with van der Waals surface area (Å²) in [5.41, 5.74) is 4.50. The number of allylic oxidation sites excluding steroid dienone is 3. The van der Waals surface area contributed by atoms with Gasteiger partial charge in [0, 0.05) is 5.41 Å². The molecule has 0 atom stereocenters. The Morgan fingerprint density at radius 3 is 1.78 bits per heavy atom. The first-order valence-electron chi connectivity index (χ1n) is 3.35. The largest absolute Gasteiger partial charge is 0.0947 e. The van der Waals surface area contributed by atoms with Gasteiger partial charge >= 0.3 is 0 Å². The molecule has 0 nitrogen and oxygen atoms in total. The van der Waals surface area contributed by atoms with E-state index in [9.17, 15) is 0 Å². The molecule has 0 fully saturated rings. The van der Waals surface area contributed by atoms with Gasteiger partial charge in [-0.25, -0.2) is 0 Å². The third-order valence-electron chi connectivity index (χ3n) is 2.71. The summed E-state index contributed by atoms with van der Waals surface area (Å²) < 4.78 is 0. The van der Waals surface area contributed by atoms with E-state index in [0.29, 0.717) is 5.41 Å². The molecule has 0 aliphatic heterocycles. The van der Waals surface area contributed by atoms with Gasteiger partial charge in [0.15, 0.2) is 0 Å². The van der Waals surface area contributed by atoms with E-state index in [1.165, 1.54) is 16.7 Å². The van der Waals surface area contributed by atoms with Crippen molar-refractivity contribution in [2.75, 3.05) is 0 Å². The van der Waals surface area contributed by atoms with Crippen LogP contribution < -0.4 is 0 Å². The van der Waals surface area contributed by atoms with E-state index < -0.39 is 0 Å². The number of hydrogen-bond donors (Lipinski definition) is 0. The lowest BCUT2D eigenvalue weighted by atomic mass is 9.64. The number of rotatable bonds is 0. The van der Waals surface area contributed by atoms with E-state index in [1.807, 2.05) is 0 Å². The molecule has 0 saturated heterocycles. The van der Waals surface area contributed by atoms with Crippen molar-refractivity contribution in [3.05, 3.63) is 23.3 Å². The summed E-state index contributed by atoms with van der Waals surface area (Å²) in [6, 6.07) is 0. The maximum atomic E-state index is 3.99. The van der Waals surface area contributed by atoms with Crippen LogP contribution in [0.25, 0.3) is 0 Å². The summed E-state index contributed by atoms with van der Waals surface area (Å²) in [7, 11) is 0. The molecule has 0 heteroatoms. The molecule has 0 aromatic carbocycles. The molecule has 0 radical (unpaired) electrons. The van der Waals surface area contributed by atoms with E-state index in [1.54, 1.807) is 0 Å². The van der Waals surface area contributed by atoms with Crippen LogP contribution in [-0.4, -0.2) is 0 Å². The van der Waals surface area contributed by atoms with Crippen LogP contribution in [-0.2, 0) is 0 Å². The van der Waals surface area contributed by atoms with E-state index in [4.69, 9.17) is 0 Å². The Balaban J connectivity index is 3.06. The molecule has 0 aromatic heterocycles. The molecule has 0 unspecified atom stereocenters. The number of hydrogen-bond acceptors (Lipinski definition) is 0. The monoisotopic (exact) mass is 122 g/mol. The van der Waals surface area contributed by atoms with Gasteiger partial charge in [0.1, 0.15) is 0 Å². The van der Waals surface area contributed by atoms with Gasteiger partial charge in [-0.3, -0.25) is 0 Å². The standard InChI is InChI=1S/C9H14/c1-6-7(2)9(4,5)8(6)3/h2H2,1,3-5H3. The van der Waals surface area contributed by atoms with Gasteiger partial charge in [-0.15, -0.1) is 0 Å². The molecule has 0 spiro atoms. The van der Waals surface area contributed by atoms with Crippen LogP contribution in [0.4, 0.5) is 0 Å². The minimum absolute atomic E-state index is 0.296. The Morgan fingerprint density at radius 2 is 1.67 bits per heavy atom. The molecule has 50 valence electrons. The predicted octanol–water partition coefficient (Wildman–Crippen LogP) is 2.92. The fourth-order valence-corrected chi connectivity index (χ4v) is 1.33. The zero-order chi connectivity index (χ0) is 7.23. The first kappa shape index (κ1) is 6.60. The second kappa shape index (κ2) is 1.50. The third-order valence-corrected chi connectivity index (χ3v) is 2.71. The molecule has 1 aliphatic rings. The minimum Gasteiger partial charge on any atom is -0.0947 e. The first-order chi connectivity index (χ1) is 3.98. The molecule has 9 heavy (non-hydrogen) atoms. The highest BCUT2D eigenvalue weighted by Crippen LogP contribution is 2.48. The van der Waals surface area contributed by atoms with Crippen molar-refractivity contribution < 1.29 is 0 Å². The lowest BCUT2D eigenvalue weighted by Crippen LogP contribution is -2.27. The van der Waals surface area contributed by atoms with Gasteiger partial charge in [-0.1, -0.05) is 26.0 Å². The van der Waals surface area contributed by atoms with Gasteiger partial charge in [0.05, 0.1) is 0 Å². The Bertz CT molecular complexity index is 192. The summed E-state index contributed by atoms with van der Waals surface area (Å²) >= 11 is 0. The van der Waals surface area contributed by atoms with Crippen LogP contribution in [0.2, 0.25) is 0 Å². The van der Waals surface area contributed by atoms with Crippen molar-refractivity contribution >= 4 is 0 Å². The molecule has 1 aliphatic carbocycles. The van der Waals surface area contributed by atoms with Gasteiger partial charge in [-0.05, 0) is 25.0 Å². The van der Waals surface area contributed by atoms with Crippen LogP contribution >= 0.6 is 0 Å². The van der Waals surface area contributed by atoms with E-state index in [-0.39, 0.29) is 0 Å². The highest BCUT2D eigenvalue weighted by Gasteiger charge is 2.34.